The van der Waals surface area contributed by atoms with Crippen LogP contribution in [-0.4, -0.2) is 60.9 Å². The van der Waals surface area contributed by atoms with Crippen LogP contribution >= 0.6 is 11.6 Å². The van der Waals surface area contributed by atoms with Crippen molar-refractivity contribution in [3.05, 3.63) is 34.9 Å². The van der Waals surface area contributed by atoms with E-state index in [2.05, 4.69) is 5.32 Å². The Bertz CT molecular complexity index is 708. The Morgan fingerprint density at radius 2 is 1.74 bits per heavy atom. The van der Waals surface area contributed by atoms with E-state index in [1.165, 1.54) is 6.42 Å². The van der Waals surface area contributed by atoms with E-state index < -0.39 is 0 Å². The molecule has 2 heterocycles. The molecule has 27 heavy (non-hydrogen) atoms. The lowest BCUT2D eigenvalue weighted by Gasteiger charge is -2.40. The maximum absolute atomic E-state index is 13.5. The number of halogens is 1. The zero-order valence-corrected chi connectivity index (χ0v) is 16.5. The van der Waals surface area contributed by atoms with E-state index in [0.717, 1.165) is 45.3 Å². The van der Waals surface area contributed by atoms with Crippen LogP contribution in [-0.2, 0) is 4.79 Å². The molecular formula is C21H28ClN3O2. The summed E-state index contributed by atoms with van der Waals surface area (Å²) in [5.74, 6) is 0.823. The van der Waals surface area contributed by atoms with Crippen molar-refractivity contribution in [1.82, 2.24) is 15.1 Å². The highest BCUT2D eigenvalue weighted by atomic mass is 35.5. The van der Waals surface area contributed by atoms with Crippen molar-refractivity contribution >= 4 is 23.4 Å². The van der Waals surface area contributed by atoms with Crippen LogP contribution in [0.1, 0.15) is 42.5 Å². The molecule has 0 bridgehead atoms. The SMILES string of the molecule is O=C(c1ccc(Cl)cc1)N1CCCN(C(=O)[C@@]23CCCC[C@H]2CNC3)CC1. The molecule has 1 N–H and O–H groups in total. The van der Waals surface area contributed by atoms with Crippen LogP contribution in [0.2, 0.25) is 5.02 Å². The number of hydrogen-bond donors (Lipinski definition) is 1. The van der Waals surface area contributed by atoms with Crippen LogP contribution in [0.4, 0.5) is 0 Å². The van der Waals surface area contributed by atoms with Crippen molar-refractivity contribution in [1.29, 1.82) is 0 Å². The van der Waals surface area contributed by atoms with Gasteiger partial charge in [-0.1, -0.05) is 24.4 Å². The number of rotatable bonds is 2. The van der Waals surface area contributed by atoms with Crippen molar-refractivity contribution in [2.24, 2.45) is 11.3 Å². The fraction of sp³-hybridized carbons (Fsp3) is 0.619. The summed E-state index contributed by atoms with van der Waals surface area (Å²) in [6.45, 7) is 4.47. The first kappa shape index (κ1) is 18.8. The van der Waals surface area contributed by atoms with Crippen molar-refractivity contribution in [2.75, 3.05) is 39.3 Å². The van der Waals surface area contributed by atoms with Gasteiger partial charge < -0.3 is 15.1 Å². The third kappa shape index (κ3) is 3.59. The summed E-state index contributed by atoms with van der Waals surface area (Å²) in [6.07, 6.45) is 5.39. The summed E-state index contributed by atoms with van der Waals surface area (Å²) >= 11 is 5.93. The second-order valence-electron chi connectivity index (χ2n) is 8.17. The van der Waals surface area contributed by atoms with Gasteiger partial charge in [-0.2, -0.15) is 0 Å². The monoisotopic (exact) mass is 389 g/mol. The molecule has 0 radical (unpaired) electrons. The average molecular weight is 390 g/mol. The van der Waals surface area contributed by atoms with Crippen LogP contribution in [0.15, 0.2) is 24.3 Å². The average Bonchev–Trinajstić information content (AvgIpc) is 2.98. The maximum Gasteiger partial charge on any atom is 0.253 e. The molecule has 0 spiro atoms. The van der Waals surface area contributed by atoms with Gasteiger partial charge in [0, 0.05) is 43.3 Å². The molecule has 1 saturated carbocycles. The fourth-order valence-corrected chi connectivity index (χ4v) is 5.21. The molecule has 2 atom stereocenters. The predicted octanol–water partition coefficient (Wildman–Crippen LogP) is 2.79. The molecule has 4 rings (SSSR count). The number of benzene rings is 1. The third-order valence-corrected chi connectivity index (χ3v) is 6.88. The second kappa shape index (κ2) is 7.80. The summed E-state index contributed by atoms with van der Waals surface area (Å²) in [6, 6.07) is 7.04. The summed E-state index contributed by atoms with van der Waals surface area (Å²) < 4.78 is 0. The highest BCUT2D eigenvalue weighted by Gasteiger charge is 2.51. The molecule has 146 valence electrons. The lowest BCUT2D eigenvalue weighted by atomic mass is 9.67. The van der Waals surface area contributed by atoms with Crippen molar-refractivity contribution in [3.8, 4) is 0 Å². The number of amides is 2. The molecule has 2 saturated heterocycles. The molecule has 2 aliphatic heterocycles. The van der Waals surface area contributed by atoms with Gasteiger partial charge in [-0.3, -0.25) is 9.59 Å². The van der Waals surface area contributed by atoms with Crippen molar-refractivity contribution < 1.29 is 9.59 Å². The van der Waals surface area contributed by atoms with E-state index >= 15 is 0 Å². The topological polar surface area (TPSA) is 52.7 Å². The van der Waals surface area contributed by atoms with Gasteiger partial charge in [-0.25, -0.2) is 0 Å². The van der Waals surface area contributed by atoms with E-state index in [4.69, 9.17) is 11.6 Å². The smallest absolute Gasteiger partial charge is 0.253 e. The predicted molar refractivity (Wildman–Crippen MR) is 106 cm³/mol. The van der Waals surface area contributed by atoms with E-state index in [9.17, 15) is 9.59 Å². The van der Waals surface area contributed by atoms with Crippen LogP contribution < -0.4 is 5.32 Å². The van der Waals surface area contributed by atoms with E-state index in [0.29, 0.717) is 42.0 Å². The second-order valence-corrected chi connectivity index (χ2v) is 8.61. The molecule has 1 aromatic carbocycles. The van der Waals surface area contributed by atoms with Gasteiger partial charge in [0.1, 0.15) is 0 Å². The Kier molecular flexibility index (Phi) is 5.42. The summed E-state index contributed by atoms with van der Waals surface area (Å²) in [5, 5.41) is 4.10. The molecule has 0 unspecified atom stereocenters. The third-order valence-electron chi connectivity index (χ3n) is 6.63. The quantitative estimate of drug-likeness (QED) is 0.846. The Balaban J connectivity index is 1.43. The Morgan fingerprint density at radius 3 is 2.56 bits per heavy atom. The van der Waals surface area contributed by atoms with E-state index in [1.54, 1.807) is 24.3 Å². The van der Waals surface area contributed by atoms with E-state index in [1.807, 2.05) is 9.80 Å². The van der Waals surface area contributed by atoms with Crippen molar-refractivity contribution in [3.63, 3.8) is 0 Å². The standard InChI is InChI=1S/C21H28ClN3O2/c22-18-7-5-16(6-8-18)19(26)24-10-3-11-25(13-12-24)20(27)21-9-2-1-4-17(21)14-23-15-21/h5-8,17,23H,1-4,9-15H2/t17-,21+/m0/s1. The molecule has 1 aromatic rings. The summed E-state index contributed by atoms with van der Waals surface area (Å²) in [7, 11) is 0. The molecular weight excluding hydrogens is 362 g/mol. The lowest BCUT2D eigenvalue weighted by molar-refractivity contribution is -0.145. The maximum atomic E-state index is 13.5. The van der Waals surface area contributed by atoms with Crippen molar-refractivity contribution in [2.45, 2.75) is 32.1 Å². The van der Waals surface area contributed by atoms with Crippen LogP contribution in [0.3, 0.4) is 0 Å². The normalized spacial score (nSPS) is 28.6. The van der Waals surface area contributed by atoms with Gasteiger partial charge in [0.15, 0.2) is 0 Å². The van der Waals surface area contributed by atoms with Gasteiger partial charge in [0.2, 0.25) is 5.91 Å². The molecule has 3 aliphatic rings. The zero-order chi connectivity index (χ0) is 18.9. The number of carbonyl (C=O) groups excluding carboxylic acids is 2. The Labute approximate surface area is 166 Å². The Morgan fingerprint density at radius 1 is 1.00 bits per heavy atom. The molecule has 6 heteroatoms. The minimum absolute atomic E-state index is 0.0252. The first-order valence-corrected chi connectivity index (χ1v) is 10.5. The van der Waals surface area contributed by atoms with Gasteiger partial charge in [-0.15, -0.1) is 0 Å². The number of nitrogens with one attached hydrogen (secondary N) is 1. The van der Waals surface area contributed by atoms with Gasteiger partial charge >= 0.3 is 0 Å². The van der Waals surface area contributed by atoms with Crippen LogP contribution in [0.25, 0.3) is 0 Å². The first-order chi connectivity index (χ1) is 13.1. The molecule has 0 aromatic heterocycles. The van der Waals surface area contributed by atoms with Crippen LogP contribution in [0.5, 0.6) is 0 Å². The highest BCUT2D eigenvalue weighted by Crippen LogP contribution is 2.45. The van der Waals surface area contributed by atoms with Gasteiger partial charge in [-0.05, 0) is 56.0 Å². The number of carbonyl (C=O) groups is 2. The Hall–Kier alpha value is -1.59. The molecule has 1 aliphatic carbocycles. The molecule has 5 nitrogen and oxygen atoms in total. The largest absolute Gasteiger partial charge is 0.340 e. The number of fused-ring (bicyclic) bond motifs is 1. The van der Waals surface area contributed by atoms with Crippen LogP contribution in [0, 0.1) is 11.3 Å². The van der Waals surface area contributed by atoms with Gasteiger partial charge in [0.05, 0.1) is 5.41 Å². The lowest BCUT2D eigenvalue weighted by Crippen LogP contribution is -2.50. The van der Waals surface area contributed by atoms with Gasteiger partial charge in [0.25, 0.3) is 5.91 Å². The minimum atomic E-state index is -0.201. The highest BCUT2D eigenvalue weighted by molar-refractivity contribution is 6.30. The number of hydrogen-bond acceptors (Lipinski definition) is 3. The molecule has 2 amide bonds. The zero-order valence-electron chi connectivity index (χ0n) is 15.8. The van der Waals surface area contributed by atoms with E-state index in [-0.39, 0.29) is 11.3 Å². The first-order valence-electron chi connectivity index (χ1n) is 10.2. The molecule has 3 fully saturated rings. The summed E-state index contributed by atoms with van der Waals surface area (Å²) in [5.41, 5.74) is 0.457. The number of nitrogens with zero attached hydrogens (tertiary/aromatic N) is 2. The summed E-state index contributed by atoms with van der Waals surface area (Å²) in [4.78, 5) is 30.2. The fourth-order valence-electron chi connectivity index (χ4n) is 5.08. The minimum Gasteiger partial charge on any atom is -0.340 e.